The summed E-state index contributed by atoms with van der Waals surface area (Å²) in [4.78, 5) is 0. The Kier molecular flexibility index (Phi) is 22.8. The van der Waals surface area contributed by atoms with Crippen molar-refractivity contribution < 1.29 is 57.1 Å². The van der Waals surface area contributed by atoms with Crippen LogP contribution in [0.5, 0.6) is 0 Å². The maximum absolute atomic E-state index is 8.52. The molecule has 60 valence electrons. The second-order valence-electron chi connectivity index (χ2n) is 0.408. The smallest absolute Gasteiger partial charge is 0.759 e. The topological polar surface area (TPSA) is 112 Å². The number of hydrogen-bond acceptors (Lipinski definition) is 4. The molecule has 0 amide bonds. The van der Waals surface area contributed by atoms with Gasteiger partial charge < -0.3 is 14.6 Å². The zero-order valence-electron chi connectivity index (χ0n) is 3.14. The molecular weight excluding hydrogens is 239 g/mol. The Labute approximate surface area is 67.7 Å². The van der Waals surface area contributed by atoms with Crippen LogP contribution in [0.25, 0.3) is 0 Å². The van der Waals surface area contributed by atoms with Crippen LogP contribution in [0.4, 0.5) is 0 Å². The van der Waals surface area contributed by atoms with Gasteiger partial charge in [0.25, 0.3) is 0 Å². The third kappa shape index (κ3) is 313. The Morgan fingerprint density at radius 3 is 1.00 bits per heavy atom. The monoisotopic (exact) mass is 240 g/mol. The van der Waals surface area contributed by atoms with Gasteiger partial charge in [0.1, 0.15) is 0 Å². The molecule has 0 aromatic heterocycles. The van der Waals surface area contributed by atoms with Crippen LogP contribution in [0, 0.1) is 0 Å². The van der Waals surface area contributed by atoms with Crippen molar-refractivity contribution in [3.8, 4) is 0 Å². The van der Waals surface area contributed by atoms with Crippen LogP contribution >= 0.6 is 0 Å². The van der Waals surface area contributed by atoms with E-state index >= 15 is 0 Å². The molecule has 0 spiro atoms. The van der Waals surface area contributed by atoms with E-state index in [-0.39, 0.29) is 39.6 Å². The Balaban J connectivity index is -0.0000000267. The molecule has 5 nitrogen and oxygen atoms in total. The third-order valence-electron chi connectivity index (χ3n) is 0. The molecule has 2 N–H and O–H groups in total. The minimum atomic E-state index is -5.17. The van der Waals surface area contributed by atoms with Crippen molar-refractivity contribution in [2.45, 2.75) is 0 Å². The molecule has 8 heteroatoms. The molecular formula is H2Cu2O5S. The van der Waals surface area contributed by atoms with Crippen molar-refractivity contribution in [1.29, 1.82) is 0 Å². The predicted molar refractivity (Wildman–Crippen MR) is 14.1 cm³/mol. The van der Waals surface area contributed by atoms with Gasteiger partial charge in [0.15, 0.2) is 0 Å². The summed E-state index contributed by atoms with van der Waals surface area (Å²) in [6, 6.07) is 0. The normalized spacial score (nSPS) is 7.25. The third-order valence-corrected chi connectivity index (χ3v) is 0. The molecule has 0 radical (unpaired) electrons. The molecule has 0 saturated carbocycles. The molecule has 0 bridgehead atoms. The van der Waals surface area contributed by atoms with Crippen LogP contribution in [0.15, 0.2) is 0 Å². The Bertz CT molecular complexity index is 93.6. The Hall–Kier alpha value is 0.869. The Morgan fingerprint density at radius 2 is 1.00 bits per heavy atom. The molecule has 0 aliphatic carbocycles. The minimum absolute atomic E-state index is 0. The largest absolute Gasteiger partial charge is 1.00 e. The fraction of sp³-hybridized carbons (Fsp3) is 0. The standard InChI is InChI=1S/2Cu.H2O4S.H2O/c;;1-5(2,3)4;/h;;(H2,1,2,3,4);1H2/q2*+1;;/p-2. The van der Waals surface area contributed by atoms with Gasteiger partial charge in [-0.15, -0.1) is 0 Å². The summed E-state index contributed by atoms with van der Waals surface area (Å²) in [5.74, 6) is 0. The van der Waals surface area contributed by atoms with E-state index in [9.17, 15) is 0 Å². The van der Waals surface area contributed by atoms with E-state index in [1.165, 1.54) is 0 Å². The maximum Gasteiger partial charge on any atom is 1.00 e. The fourth-order valence-electron chi connectivity index (χ4n) is 0. The van der Waals surface area contributed by atoms with E-state index in [1.807, 2.05) is 0 Å². The first kappa shape index (κ1) is 23.2. The summed E-state index contributed by atoms with van der Waals surface area (Å²) in [6.07, 6.45) is 0. The summed E-state index contributed by atoms with van der Waals surface area (Å²) in [5.41, 5.74) is 0. The summed E-state index contributed by atoms with van der Waals surface area (Å²) < 4.78 is 34.1. The molecule has 0 saturated heterocycles. The van der Waals surface area contributed by atoms with Crippen LogP contribution in [0.1, 0.15) is 0 Å². The van der Waals surface area contributed by atoms with Crippen molar-refractivity contribution in [1.82, 2.24) is 0 Å². The summed E-state index contributed by atoms with van der Waals surface area (Å²) in [5, 5.41) is 0. The summed E-state index contributed by atoms with van der Waals surface area (Å²) in [7, 11) is -5.17. The second-order valence-corrected chi connectivity index (χ2v) is 1.22. The maximum atomic E-state index is 8.52. The first-order chi connectivity index (χ1) is 2.00. The van der Waals surface area contributed by atoms with E-state index in [0.717, 1.165) is 0 Å². The predicted octanol–water partition coefficient (Wildman–Crippen LogP) is -2.17. The van der Waals surface area contributed by atoms with Gasteiger partial charge in [-0.1, -0.05) is 0 Å². The van der Waals surface area contributed by atoms with E-state index < -0.39 is 10.4 Å². The summed E-state index contributed by atoms with van der Waals surface area (Å²) in [6.45, 7) is 0. The number of hydrogen-bond donors (Lipinski definition) is 0. The van der Waals surface area contributed by atoms with Gasteiger partial charge in [-0.25, -0.2) is 0 Å². The van der Waals surface area contributed by atoms with Crippen molar-refractivity contribution in [2.75, 3.05) is 0 Å². The molecule has 0 fully saturated rings. The van der Waals surface area contributed by atoms with Crippen molar-refractivity contribution in [3.05, 3.63) is 0 Å². The van der Waals surface area contributed by atoms with Crippen molar-refractivity contribution in [3.63, 3.8) is 0 Å². The minimum Gasteiger partial charge on any atom is -0.759 e. The molecule has 0 unspecified atom stereocenters. The van der Waals surface area contributed by atoms with E-state index in [0.29, 0.717) is 0 Å². The van der Waals surface area contributed by atoms with Crippen LogP contribution in [0.2, 0.25) is 0 Å². The number of rotatable bonds is 0. The van der Waals surface area contributed by atoms with Gasteiger partial charge in [0, 0.05) is 10.4 Å². The van der Waals surface area contributed by atoms with Gasteiger partial charge >= 0.3 is 34.1 Å². The molecule has 0 rings (SSSR count). The van der Waals surface area contributed by atoms with E-state index in [2.05, 4.69) is 0 Å². The van der Waals surface area contributed by atoms with Gasteiger partial charge in [0.2, 0.25) is 0 Å². The quantitative estimate of drug-likeness (QED) is 0.273. The van der Waals surface area contributed by atoms with Gasteiger partial charge in [-0.05, 0) is 0 Å². The van der Waals surface area contributed by atoms with Gasteiger partial charge in [0.05, 0.1) is 0 Å². The van der Waals surface area contributed by atoms with Crippen LogP contribution < -0.4 is 0 Å². The van der Waals surface area contributed by atoms with Gasteiger partial charge in [-0.3, -0.25) is 8.42 Å². The zero-order chi connectivity index (χ0) is 4.50. The molecule has 0 atom stereocenters. The summed E-state index contributed by atoms with van der Waals surface area (Å²) >= 11 is 0. The van der Waals surface area contributed by atoms with Crippen LogP contribution in [-0.4, -0.2) is 23.0 Å². The first-order valence-corrected chi connectivity index (χ1v) is 2.00. The molecule has 0 aromatic carbocycles. The Morgan fingerprint density at radius 1 is 1.00 bits per heavy atom. The molecule has 0 heterocycles. The molecule has 0 aliphatic heterocycles. The van der Waals surface area contributed by atoms with E-state index in [4.69, 9.17) is 17.5 Å². The molecule has 8 heavy (non-hydrogen) atoms. The molecule has 0 aromatic rings. The first-order valence-electron chi connectivity index (χ1n) is 0.667. The molecule has 0 aliphatic rings. The van der Waals surface area contributed by atoms with Crippen LogP contribution in [-0.2, 0) is 44.5 Å². The second kappa shape index (κ2) is 7.87. The fourth-order valence-corrected chi connectivity index (χ4v) is 0. The van der Waals surface area contributed by atoms with Crippen LogP contribution in [0.3, 0.4) is 0 Å². The zero-order valence-corrected chi connectivity index (χ0v) is 5.84. The average molecular weight is 241 g/mol. The average Bonchev–Trinajstić information content (AvgIpc) is 0.722. The van der Waals surface area contributed by atoms with Gasteiger partial charge in [-0.2, -0.15) is 0 Å². The van der Waals surface area contributed by atoms with Crippen molar-refractivity contribution >= 4 is 10.4 Å². The SMILES string of the molecule is O.O=S(=O)([O-])[O-].[Cu+].[Cu+]. The van der Waals surface area contributed by atoms with Crippen molar-refractivity contribution in [2.24, 2.45) is 0 Å². The van der Waals surface area contributed by atoms with E-state index in [1.54, 1.807) is 0 Å².